The number of halogens is 2. The van der Waals surface area contributed by atoms with Crippen molar-refractivity contribution < 1.29 is 14.7 Å². The fourth-order valence-corrected chi connectivity index (χ4v) is 3.68. The van der Waals surface area contributed by atoms with Gasteiger partial charge in [-0.05, 0) is 36.8 Å². The maximum Gasteiger partial charge on any atom is 0.308 e. The quantitative estimate of drug-likeness (QED) is 0.916. The Labute approximate surface area is 139 Å². The monoisotopic (exact) mass is 341 g/mol. The lowest BCUT2D eigenvalue weighted by atomic mass is 9.97. The zero-order valence-corrected chi connectivity index (χ0v) is 13.5. The third kappa shape index (κ3) is 2.95. The van der Waals surface area contributed by atoms with E-state index in [0.29, 0.717) is 29.6 Å². The number of piperidine rings is 1. The van der Waals surface area contributed by atoms with Crippen molar-refractivity contribution in [3.63, 3.8) is 0 Å². The molecule has 1 N–H and O–H groups in total. The van der Waals surface area contributed by atoms with Crippen molar-refractivity contribution in [3.05, 3.63) is 33.8 Å². The number of carboxylic acid groups (broad SMARTS) is 1. The molecule has 2 aliphatic rings. The van der Waals surface area contributed by atoms with E-state index in [0.717, 1.165) is 18.4 Å². The minimum atomic E-state index is -0.817. The Balaban J connectivity index is 1.68. The highest BCUT2D eigenvalue weighted by Crippen LogP contribution is 2.51. The van der Waals surface area contributed by atoms with Crippen LogP contribution in [0.25, 0.3) is 0 Å². The number of carbonyl (C=O) groups excluding carboxylic acids is 1. The zero-order valence-electron chi connectivity index (χ0n) is 12.0. The Bertz CT molecular complexity index is 619. The SMILES string of the molecule is O=C(O)[C@@H]1CCCN(C(=O)[C@@H]2C[C@H]2c2cccc(Cl)c2Cl)C1. The van der Waals surface area contributed by atoms with Crippen LogP contribution in [0.2, 0.25) is 10.0 Å². The summed E-state index contributed by atoms with van der Waals surface area (Å²) in [4.78, 5) is 25.4. The summed E-state index contributed by atoms with van der Waals surface area (Å²) < 4.78 is 0. The van der Waals surface area contributed by atoms with Crippen LogP contribution in [-0.2, 0) is 9.59 Å². The van der Waals surface area contributed by atoms with Gasteiger partial charge in [0.1, 0.15) is 0 Å². The second-order valence-electron chi connectivity index (χ2n) is 6.05. The molecule has 3 rings (SSSR count). The number of nitrogens with zero attached hydrogens (tertiary/aromatic N) is 1. The molecule has 0 radical (unpaired) electrons. The van der Waals surface area contributed by atoms with Gasteiger partial charge in [-0.3, -0.25) is 9.59 Å². The van der Waals surface area contributed by atoms with E-state index in [9.17, 15) is 9.59 Å². The van der Waals surface area contributed by atoms with Gasteiger partial charge in [-0.25, -0.2) is 0 Å². The predicted molar refractivity (Wildman–Crippen MR) is 84.2 cm³/mol. The first-order valence-corrected chi connectivity index (χ1v) is 8.20. The minimum Gasteiger partial charge on any atom is -0.481 e. The van der Waals surface area contributed by atoms with Crippen LogP contribution in [0.15, 0.2) is 18.2 Å². The van der Waals surface area contributed by atoms with Gasteiger partial charge < -0.3 is 10.0 Å². The van der Waals surface area contributed by atoms with Crippen LogP contribution >= 0.6 is 23.2 Å². The van der Waals surface area contributed by atoms with Crippen LogP contribution in [0, 0.1) is 11.8 Å². The first-order chi connectivity index (χ1) is 10.5. The van der Waals surface area contributed by atoms with Crippen LogP contribution in [0.4, 0.5) is 0 Å². The van der Waals surface area contributed by atoms with Gasteiger partial charge >= 0.3 is 5.97 Å². The van der Waals surface area contributed by atoms with Crippen molar-refractivity contribution in [2.45, 2.75) is 25.2 Å². The number of aliphatic carboxylic acids is 1. The van der Waals surface area contributed by atoms with Gasteiger partial charge in [0.15, 0.2) is 0 Å². The van der Waals surface area contributed by atoms with E-state index in [4.69, 9.17) is 28.3 Å². The maximum atomic E-state index is 12.6. The van der Waals surface area contributed by atoms with Crippen molar-refractivity contribution in [1.82, 2.24) is 4.90 Å². The van der Waals surface area contributed by atoms with Gasteiger partial charge in [0.05, 0.1) is 16.0 Å². The summed E-state index contributed by atoms with van der Waals surface area (Å²) in [6, 6.07) is 5.47. The minimum absolute atomic E-state index is 0.0481. The van der Waals surface area contributed by atoms with Crippen molar-refractivity contribution in [1.29, 1.82) is 0 Å². The number of rotatable bonds is 3. The first-order valence-electron chi connectivity index (χ1n) is 7.44. The molecule has 3 atom stereocenters. The van der Waals surface area contributed by atoms with Gasteiger partial charge in [0.2, 0.25) is 5.91 Å². The normalized spacial score (nSPS) is 27.5. The summed E-state index contributed by atoms with van der Waals surface area (Å²) in [6.45, 7) is 0.968. The highest BCUT2D eigenvalue weighted by molar-refractivity contribution is 6.42. The molecule has 2 fully saturated rings. The van der Waals surface area contributed by atoms with Crippen LogP contribution in [-0.4, -0.2) is 35.0 Å². The molecular weight excluding hydrogens is 325 g/mol. The molecule has 1 aliphatic heterocycles. The third-order valence-corrected chi connectivity index (χ3v) is 5.40. The summed E-state index contributed by atoms with van der Waals surface area (Å²) in [7, 11) is 0. The highest BCUT2D eigenvalue weighted by atomic mass is 35.5. The molecule has 0 unspecified atom stereocenters. The Morgan fingerprint density at radius 2 is 2.05 bits per heavy atom. The molecule has 118 valence electrons. The summed E-state index contributed by atoms with van der Waals surface area (Å²) in [6.07, 6.45) is 2.15. The maximum absolute atomic E-state index is 12.6. The molecule has 1 saturated heterocycles. The predicted octanol–water partition coefficient (Wildman–Crippen LogP) is 3.42. The van der Waals surface area contributed by atoms with Crippen molar-refractivity contribution in [2.75, 3.05) is 13.1 Å². The molecule has 1 aliphatic carbocycles. The Morgan fingerprint density at radius 3 is 2.77 bits per heavy atom. The van der Waals surface area contributed by atoms with Crippen LogP contribution in [0.3, 0.4) is 0 Å². The molecular formula is C16H17Cl2NO3. The largest absolute Gasteiger partial charge is 0.481 e. The van der Waals surface area contributed by atoms with Gasteiger partial charge in [-0.2, -0.15) is 0 Å². The zero-order chi connectivity index (χ0) is 15.9. The molecule has 1 saturated carbocycles. The third-order valence-electron chi connectivity index (χ3n) is 4.57. The molecule has 1 aromatic carbocycles. The van der Waals surface area contributed by atoms with E-state index >= 15 is 0 Å². The molecule has 22 heavy (non-hydrogen) atoms. The highest BCUT2D eigenvalue weighted by Gasteiger charge is 2.47. The second kappa shape index (κ2) is 6.09. The Kier molecular flexibility index (Phi) is 4.33. The average Bonchev–Trinajstić information content (AvgIpc) is 3.29. The van der Waals surface area contributed by atoms with E-state index in [1.807, 2.05) is 12.1 Å². The average molecular weight is 342 g/mol. The van der Waals surface area contributed by atoms with Gasteiger partial charge in [-0.15, -0.1) is 0 Å². The van der Waals surface area contributed by atoms with E-state index in [1.54, 1.807) is 11.0 Å². The molecule has 1 amide bonds. The Morgan fingerprint density at radius 1 is 1.27 bits per heavy atom. The van der Waals surface area contributed by atoms with Crippen LogP contribution in [0.1, 0.15) is 30.7 Å². The molecule has 1 heterocycles. The standard InChI is InChI=1S/C16H17Cl2NO3/c17-13-5-1-4-10(14(13)18)11-7-12(11)15(20)19-6-2-3-9(8-19)16(21)22/h1,4-5,9,11-12H,2-3,6-8H2,(H,21,22)/t9-,11+,12-/m1/s1. The van der Waals surface area contributed by atoms with E-state index < -0.39 is 11.9 Å². The van der Waals surface area contributed by atoms with Gasteiger partial charge in [0, 0.05) is 19.0 Å². The van der Waals surface area contributed by atoms with Gasteiger partial charge in [0.25, 0.3) is 0 Å². The summed E-state index contributed by atoms with van der Waals surface area (Å²) in [5.41, 5.74) is 0.916. The number of carboxylic acids is 1. The number of hydrogen-bond donors (Lipinski definition) is 1. The van der Waals surface area contributed by atoms with E-state index in [-0.39, 0.29) is 17.7 Å². The second-order valence-corrected chi connectivity index (χ2v) is 6.84. The molecule has 0 aromatic heterocycles. The number of hydrogen-bond acceptors (Lipinski definition) is 2. The number of benzene rings is 1. The molecule has 6 heteroatoms. The molecule has 4 nitrogen and oxygen atoms in total. The van der Waals surface area contributed by atoms with Crippen molar-refractivity contribution in [3.8, 4) is 0 Å². The van der Waals surface area contributed by atoms with Crippen molar-refractivity contribution in [2.24, 2.45) is 11.8 Å². The fourth-order valence-electron chi connectivity index (χ4n) is 3.23. The molecule has 0 bridgehead atoms. The summed E-state index contributed by atoms with van der Waals surface area (Å²) >= 11 is 12.2. The summed E-state index contributed by atoms with van der Waals surface area (Å²) in [5.74, 6) is -1.20. The van der Waals surface area contributed by atoms with Crippen LogP contribution < -0.4 is 0 Å². The number of amides is 1. The van der Waals surface area contributed by atoms with Crippen LogP contribution in [0.5, 0.6) is 0 Å². The number of likely N-dealkylation sites (tertiary alicyclic amines) is 1. The smallest absolute Gasteiger partial charge is 0.308 e. The van der Waals surface area contributed by atoms with Crippen molar-refractivity contribution >= 4 is 35.1 Å². The lowest BCUT2D eigenvalue weighted by Crippen LogP contribution is -2.43. The van der Waals surface area contributed by atoms with E-state index in [1.165, 1.54) is 0 Å². The fraction of sp³-hybridized carbons (Fsp3) is 0.500. The summed E-state index contributed by atoms with van der Waals surface area (Å²) in [5, 5.41) is 10.1. The topological polar surface area (TPSA) is 57.6 Å². The lowest BCUT2D eigenvalue weighted by molar-refractivity contribution is -0.146. The number of carbonyl (C=O) groups is 2. The molecule has 0 spiro atoms. The van der Waals surface area contributed by atoms with E-state index in [2.05, 4.69) is 0 Å². The molecule has 1 aromatic rings. The Hall–Kier alpha value is -1.26. The first kappa shape index (κ1) is 15.6. The van der Waals surface area contributed by atoms with Gasteiger partial charge in [-0.1, -0.05) is 35.3 Å². The lowest BCUT2D eigenvalue weighted by Gasteiger charge is -2.31.